The summed E-state index contributed by atoms with van der Waals surface area (Å²) in [7, 11) is 0. The van der Waals surface area contributed by atoms with Gasteiger partial charge in [-0.1, -0.05) is 34.8 Å². The van der Waals surface area contributed by atoms with Gasteiger partial charge in [0.15, 0.2) is 0 Å². The summed E-state index contributed by atoms with van der Waals surface area (Å²) >= 11 is 16.8. The van der Waals surface area contributed by atoms with Crippen molar-refractivity contribution in [2.75, 3.05) is 0 Å². The van der Waals surface area contributed by atoms with Crippen molar-refractivity contribution in [1.82, 2.24) is 0 Å². The molecule has 14 heavy (non-hydrogen) atoms. The second kappa shape index (κ2) is 3.12. The van der Waals surface area contributed by atoms with Crippen LogP contribution in [0.5, 0.6) is 0 Å². The van der Waals surface area contributed by atoms with Gasteiger partial charge in [0.2, 0.25) is 0 Å². The zero-order valence-electron chi connectivity index (χ0n) is 7.92. The lowest BCUT2D eigenvalue weighted by atomic mass is 10.1. The molecule has 0 aromatic heterocycles. The molecule has 1 N–H and O–H groups in total. The Labute approximate surface area is 96.8 Å². The Morgan fingerprint density at radius 2 is 1.79 bits per heavy atom. The highest BCUT2D eigenvalue weighted by atomic mass is 35.6. The van der Waals surface area contributed by atoms with Crippen LogP contribution >= 0.6 is 34.8 Å². The van der Waals surface area contributed by atoms with Crippen molar-refractivity contribution in [2.24, 2.45) is 0 Å². The van der Waals surface area contributed by atoms with E-state index in [9.17, 15) is 4.79 Å². The van der Waals surface area contributed by atoms with E-state index >= 15 is 0 Å². The van der Waals surface area contributed by atoms with E-state index in [0.29, 0.717) is 0 Å². The SMILES string of the molecule is CC(C)(C)[N+]1(C(=O)O)OC1C(Cl)(Cl)Cl. The molecule has 0 aliphatic carbocycles. The Bertz CT molecular complexity index is 270. The van der Waals surface area contributed by atoms with Crippen LogP contribution in [-0.2, 0) is 4.84 Å². The van der Waals surface area contributed by atoms with E-state index in [0.717, 1.165) is 0 Å². The summed E-state index contributed by atoms with van der Waals surface area (Å²) in [5, 5.41) is 9.04. The van der Waals surface area contributed by atoms with E-state index in [2.05, 4.69) is 0 Å². The Hall–Kier alpha value is 0.260. The molecule has 1 rings (SSSR count). The molecule has 1 amide bonds. The molecule has 1 fully saturated rings. The van der Waals surface area contributed by atoms with Crippen molar-refractivity contribution in [1.29, 1.82) is 0 Å². The van der Waals surface area contributed by atoms with E-state index in [-0.39, 0.29) is 0 Å². The van der Waals surface area contributed by atoms with Crippen molar-refractivity contribution in [3.05, 3.63) is 0 Å². The van der Waals surface area contributed by atoms with E-state index in [1.54, 1.807) is 20.8 Å². The molecule has 2 atom stereocenters. The number of nitrogens with zero attached hydrogens (tertiary/aromatic N) is 1. The average Bonchev–Trinajstić information content (AvgIpc) is 2.55. The van der Waals surface area contributed by atoms with Crippen molar-refractivity contribution < 1.29 is 19.4 Å². The van der Waals surface area contributed by atoms with Crippen molar-refractivity contribution in [2.45, 2.75) is 36.3 Å². The third kappa shape index (κ3) is 1.70. The second-order valence-electron chi connectivity index (χ2n) is 4.11. The zero-order chi connectivity index (χ0) is 11.4. The van der Waals surface area contributed by atoms with Crippen LogP contribution in [0.1, 0.15) is 20.8 Å². The summed E-state index contributed by atoms with van der Waals surface area (Å²) in [5.74, 6) is 0. The van der Waals surface area contributed by atoms with Crippen LogP contribution in [-0.4, -0.2) is 31.4 Å². The molecule has 1 saturated heterocycles. The molecular formula is C7H11Cl3NO3+. The number of amides is 1. The van der Waals surface area contributed by atoms with Gasteiger partial charge >= 0.3 is 12.3 Å². The molecular weight excluding hydrogens is 252 g/mol. The molecule has 0 saturated carbocycles. The molecule has 1 aliphatic rings. The van der Waals surface area contributed by atoms with Gasteiger partial charge in [-0.15, -0.1) is 4.84 Å². The number of hydroxylamine groups is 3. The van der Waals surface area contributed by atoms with Crippen LogP contribution in [0.25, 0.3) is 0 Å². The highest BCUT2D eigenvalue weighted by Gasteiger charge is 2.79. The van der Waals surface area contributed by atoms with Gasteiger partial charge in [0.1, 0.15) is 5.54 Å². The lowest BCUT2D eigenvalue weighted by molar-refractivity contribution is -0.897. The molecule has 0 spiro atoms. The first-order valence-corrected chi connectivity index (χ1v) is 5.04. The first kappa shape index (κ1) is 12.3. The highest BCUT2D eigenvalue weighted by molar-refractivity contribution is 6.68. The minimum absolute atomic E-state index is 0.677. The molecule has 82 valence electrons. The van der Waals surface area contributed by atoms with E-state index in [1.807, 2.05) is 0 Å². The summed E-state index contributed by atoms with van der Waals surface area (Å²) < 4.78 is -2.41. The number of carboxylic acid groups (broad SMARTS) is 1. The number of hydrogen-bond donors (Lipinski definition) is 1. The summed E-state index contributed by atoms with van der Waals surface area (Å²) in [4.78, 5) is 16.1. The molecule has 4 nitrogen and oxygen atoms in total. The molecule has 1 aliphatic heterocycles. The Balaban J connectivity index is 3.00. The van der Waals surface area contributed by atoms with Gasteiger partial charge in [-0.2, -0.15) is 4.79 Å². The van der Waals surface area contributed by atoms with Gasteiger partial charge in [-0.3, -0.25) is 0 Å². The topological polar surface area (TPSA) is 49.8 Å². The molecule has 0 aromatic carbocycles. The molecule has 2 unspecified atom stereocenters. The third-order valence-corrected chi connectivity index (χ3v) is 2.67. The normalized spacial score (nSPS) is 32.9. The van der Waals surface area contributed by atoms with E-state index < -0.39 is 26.3 Å². The summed E-state index contributed by atoms with van der Waals surface area (Å²) in [6, 6.07) is 0. The summed E-state index contributed by atoms with van der Waals surface area (Å²) in [6.07, 6.45) is -2.11. The molecule has 0 aromatic rings. The minimum Gasteiger partial charge on any atom is -0.433 e. The lowest BCUT2D eigenvalue weighted by Crippen LogP contribution is -2.51. The van der Waals surface area contributed by atoms with Gasteiger partial charge in [0.25, 0.3) is 3.79 Å². The minimum atomic E-state index is -1.73. The lowest BCUT2D eigenvalue weighted by Gasteiger charge is -2.23. The first-order valence-electron chi connectivity index (χ1n) is 3.91. The van der Waals surface area contributed by atoms with Crippen LogP contribution in [0.4, 0.5) is 4.79 Å². The Kier molecular flexibility index (Phi) is 2.75. The summed E-state index contributed by atoms with van der Waals surface area (Å²) in [6.45, 7) is 5.12. The van der Waals surface area contributed by atoms with Crippen LogP contribution in [0.2, 0.25) is 0 Å². The van der Waals surface area contributed by atoms with Crippen LogP contribution < -0.4 is 0 Å². The number of alkyl halides is 3. The standard InChI is InChI=1S/C7H10Cl3NO3/c1-6(2,3)11(5(12)13)4(14-11)7(8,9)10/h4H,1-3H3/p+1. The van der Waals surface area contributed by atoms with Crippen LogP contribution in [0.15, 0.2) is 0 Å². The fourth-order valence-electron chi connectivity index (χ4n) is 1.34. The Morgan fingerprint density at radius 1 is 1.36 bits per heavy atom. The number of halogens is 3. The summed E-state index contributed by atoms with van der Waals surface area (Å²) in [5.41, 5.74) is -0.680. The average molecular weight is 264 g/mol. The van der Waals surface area contributed by atoms with E-state index in [1.165, 1.54) is 0 Å². The van der Waals surface area contributed by atoms with Crippen molar-refractivity contribution in [3.63, 3.8) is 0 Å². The number of quaternary nitrogens is 1. The predicted molar refractivity (Wildman–Crippen MR) is 53.2 cm³/mol. The van der Waals surface area contributed by atoms with Crippen molar-refractivity contribution in [3.8, 4) is 0 Å². The largest absolute Gasteiger partial charge is 0.550 e. The van der Waals surface area contributed by atoms with Gasteiger partial charge in [-0.25, -0.2) is 0 Å². The highest BCUT2D eigenvalue weighted by Crippen LogP contribution is 2.53. The van der Waals surface area contributed by atoms with E-state index in [4.69, 9.17) is 44.7 Å². The fourth-order valence-corrected chi connectivity index (χ4v) is 1.87. The molecule has 0 bridgehead atoms. The predicted octanol–water partition coefficient (Wildman–Crippen LogP) is 2.92. The smallest absolute Gasteiger partial charge is 0.433 e. The molecule has 1 heterocycles. The maximum atomic E-state index is 11.1. The fraction of sp³-hybridized carbons (Fsp3) is 0.857. The third-order valence-electron chi connectivity index (χ3n) is 2.11. The van der Waals surface area contributed by atoms with Crippen LogP contribution in [0.3, 0.4) is 0 Å². The molecule has 7 heteroatoms. The zero-order valence-corrected chi connectivity index (χ0v) is 10.2. The van der Waals surface area contributed by atoms with Gasteiger partial charge < -0.3 is 5.11 Å². The van der Waals surface area contributed by atoms with Crippen molar-refractivity contribution >= 4 is 40.9 Å². The quantitative estimate of drug-likeness (QED) is 0.415. The van der Waals surface area contributed by atoms with Gasteiger partial charge in [-0.05, 0) is 25.4 Å². The number of rotatable bonds is 0. The Morgan fingerprint density at radius 3 is 1.86 bits per heavy atom. The maximum Gasteiger partial charge on any atom is 0.550 e. The first-order chi connectivity index (χ1) is 6.03. The maximum absolute atomic E-state index is 11.1. The van der Waals surface area contributed by atoms with Crippen LogP contribution in [0, 0.1) is 0 Å². The number of hydrogen-bond acceptors (Lipinski definition) is 2. The second-order valence-corrected chi connectivity index (χ2v) is 6.48. The monoisotopic (exact) mass is 262 g/mol. The van der Waals surface area contributed by atoms with Gasteiger partial charge in [0, 0.05) is 0 Å². The number of carbonyl (C=O) groups is 1. The van der Waals surface area contributed by atoms with Gasteiger partial charge in [0.05, 0.1) is 0 Å². The molecule has 0 radical (unpaired) electrons.